The van der Waals surface area contributed by atoms with Crippen LogP contribution in [0.2, 0.25) is 0 Å². The summed E-state index contributed by atoms with van der Waals surface area (Å²) in [5.74, 6) is -0.359. The van der Waals surface area contributed by atoms with Gasteiger partial charge in [-0.2, -0.15) is 0 Å². The van der Waals surface area contributed by atoms with Gasteiger partial charge >= 0.3 is 0 Å². The molecule has 0 unspecified atom stereocenters. The Labute approximate surface area is 130 Å². The van der Waals surface area contributed by atoms with Crippen LogP contribution in [0.5, 0.6) is 0 Å². The summed E-state index contributed by atoms with van der Waals surface area (Å²) in [4.78, 5) is 26.6. The summed E-state index contributed by atoms with van der Waals surface area (Å²) in [5.41, 5.74) is 0. The van der Waals surface area contributed by atoms with Gasteiger partial charge in [-0.3, -0.25) is 9.59 Å². The molecule has 118 valence electrons. The predicted molar refractivity (Wildman–Crippen MR) is 86.6 cm³/mol. The Balaban J connectivity index is 2.30. The van der Waals surface area contributed by atoms with Gasteiger partial charge < -0.3 is 15.5 Å². The van der Waals surface area contributed by atoms with E-state index in [-0.39, 0.29) is 11.8 Å². The number of nitrogens with one attached hydrogen (secondary N) is 2. The van der Waals surface area contributed by atoms with Gasteiger partial charge in [-0.05, 0) is 38.8 Å². The number of amides is 2. The molecule has 0 aliphatic carbocycles. The third-order valence-electron chi connectivity index (χ3n) is 3.59. The molecule has 0 spiro atoms. The molecule has 1 rings (SSSR count). The number of likely N-dealkylation sites (N-methyl/N-ethyl adjacent to an activating group) is 1. The van der Waals surface area contributed by atoms with Gasteiger partial charge in [0.05, 0.1) is 4.88 Å². The van der Waals surface area contributed by atoms with E-state index in [1.54, 1.807) is 13.0 Å². The minimum Gasteiger partial charge on any atom is -0.353 e. The summed E-state index contributed by atoms with van der Waals surface area (Å²) in [5, 5.41) is 7.39. The molecule has 0 aliphatic rings. The summed E-state index contributed by atoms with van der Waals surface area (Å²) in [6, 6.07) is 3.52. The van der Waals surface area contributed by atoms with Crippen molar-refractivity contribution in [3.05, 3.63) is 22.4 Å². The zero-order chi connectivity index (χ0) is 15.8. The van der Waals surface area contributed by atoms with Crippen molar-refractivity contribution in [3.8, 4) is 0 Å². The van der Waals surface area contributed by atoms with Gasteiger partial charge in [0.1, 0.15) is 6.04 Å². The maximum Gasteiger partial charge on any atom is 0.261 e. The highest BCUT2D eigenvalue weighted by molar-refractivity contribution is 7.12. The predicted octanol–water partition coefficient (Wildman–Crippen LogP) is 1.71. The minimum atomic E-state index is -0.534. The lowest BCUT2D eigenvalue weighted by atomic mass is 10.2. The number of rotatable bonds is 8. The van der Waals surface area contributed by atoms with Gasteiger partial charge in [0.15, 0.2) is 0 Å². The zero-order valence-corrected chi connectivity index (χ0v) is 14.0. The molecule has 1 heterocycles. The molecular formula is C15H25N3O2S. The number of thiophene rings is 1. The Kier molecular flexibility index (Phi) is 7.39. The first kappa shape index (κ1) is 17.7. The Morgan fingerprint density at radius 2 is 2.10 bits per heavy atom. The van der Waals surface area contributed by atoms with E-state index < -0.39 is 6.04 Å². The number of hydrogen-bond acceptors (Lipinski definition) is 4. The van der Waals surface area contributed by atoms with Crippen molar-refractivity contribution in [2.45, 2.75) is 39.3 Å². The van der Waals surface area contributed by atoms with Crippen LogP contribution >= 0.6 is 11.3 Å². The van der Waals surface area contributed by atoms with E-state index in [0.29, 0.717) is 17.5 Å². The third kappa shape index (κ3) is 5.85. The van der Waals surface area contributed by atoms with Gasteiger partial charge in [0, 0.05) is 19.1 Å². The van der Waals surface area contributed by atoms with Crippen molar-refractivity contribution in [2.75, 3.05) is 20.1 Å². The van der Waals surface area contributed by atoms with E-state index in [0.717, 1.165) is 13.0 Å². The van der Waals surface area contributed by atoms with E-state index in [1.165, 1.54) is 11.3 Å². The van der Waals surface area contributed by atoms with Crippen LogP contribution in [-0.2, 0) is 4.79 Å². The van der Waals surface area contributed by atoms with E-state index in [4.69, 9.17) is 0 Å². The van der Waals surface area contributed by atoms with Gasteiger partial charge in [-0.15, -0.1) is 11.3 Å². The molecule has 1 aromatic heterocycles. The van der Waals surface area contributed by atoms with Gasteiger partial charge in [-0.25, -0.2) is 0 Å². The number of carbonyl (C=O) groups excluding carboxylic acids is 2. The molecule has 0 aliphatic heterocycles. The monoisotopic (exact) mass is 311 g/mol. The van der Waals surface area contributed by atoms with E-state index in [9.17, 15) is 9.59 Å². The van der Waals surface area contributed by atoms with Crippen LogP contribution < -0.4 is 10.6 Å². The molecule has 0 saturated carbocycles. The van der Waals surface area contributed by atoms with Gasteiger partial charge in [0.2, 0.25) is 5.91 Å². The molecular weight excluding hydrogens is 286 g/mol. The molecule has 21 heavy (non-hydrogen) atoms. The average molecular weight is 311 g/mol. The van der Waals surface area contributed by atoms with E-state index in [1.807, 2.05) is 18.5 Å². The first-order chi connectivity index (χ1) is 9.95. The number of carbonyl (C=O) groups is 2. The van der Waals surface area contributed by atoms with Gasteiger partial charge in [-0.1, -0.05) is 13.0 Å². The molecule has 0 aromatic carbocycles. The largest absolute Gasteiger partial charge is 0.353 e. The minimum absolute atomic E-state index is 0.155. The fourth-order valence-electron chi connectivity index (χ4n) is 1.78. The zero-order valence-electron chi connectivity index (χ0n) is 13.2. The Bertz CT molecular complexity index is 448. The molecule has 0 fully saturated rings. The molecule has 0 saturated heterocycles. The lowest BCUT2D eigenvalue weighted by Gasteiger charge is -2.23. The van der Waals surface area contributed by atoms with Crippen LogP contribution in [-0.4, -0.2) is 48.9 Å². The topological polar surface area (TPSA) is 61.4 Å². The smallest absolute Gasteiger partial charge is 0.261 e. The normalized spacial score (nSPS) is 13.8. The Morgan fingerprint density at radius 3 is 2.67 bits per heavy atom. The summed E-state index contributed by atoms with van der Waals surface area (Å²) in [7, 11) is 2.04. The summed E-state index contributed by atoms with van der Waals surface area (Å²) < 4.78 is 0. The fraction of sp³-hybridized carbons (Fsp3) is 0.600. The van der Waals surface area contributed by atoms with E-state index in [2.05, 4.69) is 29.4 Å². The Hall–Kier alpha value is -1.40. The summed E-state index contributed by atoms with van der Waals surface area (Å²) >= 11 is 1.36. The third-order valence-corrected chi connectivity index (χ3v) is 4.46. The second-order valence-electron chi connectivity index (χ2n) is 5.20. The van der Waals surface area contributed by atoms with Crippen LogP contribution in [0, 0.1) is 0 Å². The van der Waals surface area contributed by atoms with Crippen molar-refractivity contribution < 1.29 is 9.59 Å². The SMILES string of the molecule is CC[C@@H](C)N(C)CCNC(=O)[C@@H](C)NC(=O)c1cccs1. The van der Waals surface area contributed by atoms with Gasteiger partial charge in [0.25, 0.3) is 5.91 Å². The number of nitrogens with zero attached hydrogens (tertiary/aromatic N) is 1. The van der Waals surface area contributed by atoms with Crippen molar-refractivity contribution in [3.63, 3.8) is 0 Å². The standard InChI is InChI=1S/C15H25N3O2S/c1-5-11(2)18(4)9-8-16-14(19)12(3)17-15(20)13-7-6-10-21-13/h6-7,10-12H,5,8-9H2,1-4H3,(H,16,19)(H,17,20)/t11-,12-/m1/s1. The fourth-order valence-corrected chi connectivity index (χ4v) is 2.41. The van der Waals surface area contributed by atoms with Crippen LogP contribution in [0.4, 0.5) is 0 Å². The van der Waals surface area contributed by atoms with Crippen molar-refractivity contribution in [2.24, 2.45) is 0 Å². The highest BCUT2D eigenvalue weighted by Crippen LogP contribution is 2.08. The quantitative estimate of drug-likeness (QED) is 0.768. The highest BCUT2D eigenvalue weighted by atomic mass is 32.1. The molecule has 2 atom stereocenters. The van der Waals surface area contributed by atoms with Crippen LogP contribution in [0.3, 0.4) is 0 Å². The maximum absolute atomic E-state index is 11.9. The highest BCUT2D eigenvalue weighted by Gasteiger charge is 2.17. The van der Waals surface area contributed by atoms with Crippen LogP contribution in [0.1, 0.15) is 36.9 Å². The van der Waals surface area contributed by atoms with Crippen molar-refractivity contribution in [1.29, 1.82) is 0 Å². The molecule has 0 radical (unpaired) electrons. The molecule has 2 amide bonds. The summed E-state index contributed by atoms with van der Waals surface area (Å²) in [6.45, 7) is 7.37. The second-order valence-corrected chi connectivity index (χ2v) is 6.15. The number of hydrogen-bond donors (Lipinski definition) is 2. The molecule has 5 nitrogen and oxygen atoms in total. The average Bonchev–Trinajstić information content (AvgIpc) is 3.00. The van der Waals surface area contributed by atoms with E-state index >= 15 is 0 Å². The van der Waals surface area contributed by atoms with Crippen molar-refractivity contribution in [1.82, 2.24) is 15.5 Å². The maximum atomic E-state index is 11.9. The summed E-state index contributed by atoms with van der Waals surface area (Å²) in [6.07, 6.45) is 1.08. The molecule has 2 N–H and O–H groups in total. The second kappa shape index (κ2) is 8.79. The first-order valence-corrected chi connectivity index (χ1v) is 8.16. The molecule has 6 heteroatoms. The molecule has 0 bridgehead atoms. The van der Waals surface area contributed by atoms with Crippen LogP contribution in [0.25, 0.3) is 0 Å². The van der Waals surface area contributed by atoms with Crippen LogP contribution in [0.15, 0.2) is 17.5 Å². The first-order valence-electron chi connectivity index (χ1n) is 7.28. The lowest BCUT2D eigenvalue weighted by Crippen LogP contribution is -2.46. The van der Waals surface area contributed by atoms with Crippen molar-refractivity contribution >= 4 is 23.2 Å². The molecule has 1 aromatic rings. The lowest BCUT2D eigenvalue weighted by molar-refractivity contribution is -0.122. The Morgan fingerprint density at radius 1 is 1.38 bits per heavy atom.